The second-order valence-corrected chi connectivity index (χ2v) is 6.07. The molecule has 0 aliphatic carbocycles. The summed E-state index contributed by atoms with van der Waals surface area (Å²) in [5.74, 6) is 1.00. The van der Waals surface area contributed by atoms with Gasteiger partial charge in [0.15, 0.2) is 11.3 Å². The van der Waals surface area contributed by atoms with Gasteiger partial charge in [-0.15, -0.1) is 0 Å². The van der Waals surface area contributed by atoms with Crippen LogP contribution in [-0.4, -0.2) is 17.2 Å². The van der Waals surface area contributed by atoms with Gasteiger partial charge in [-0.1, -0.05) is 30.3 Å². The van der Waals surface area contributed by atoms with Crippen LogP contribution in [-0.2, 0) is 5.54 Å². The van der Waals surface area contributed by atoms with Crippen LogP contribution in [0.1, 0.15) is 31.9 Å². The smallest absolute Gasteiger partial charge is 0.496 e. The molecule has 0 saturated carbocycles. The molecule has 3 heteroatoms. The first-order valence-corrected chi connectivity index (χ1v) is 7.09. The normalized spacial score (nSPS) is 18.2. The molecule has 0 spiro atoms. The first-order chi connectivity index (χ1) is 9.60. The lowest BCUT2D eigenvalue weighted by Gasteiger charge is -2.32. The number of nitrogens with zero attached hydrogens (tertiary/aromatic N) is 1. The molecule has 2 aromatic carbocycles. The van der Waals surface area contributed by atoms with Gasteiger partial charge in [-0.2, -0.15) is 0 Å². The zero-order valence-electron chi connectivity index (χ0n) is 12.1. The molecule has 20 heavy (non-hydrogen) atoms. The second-order valence-electron chi connectivity index (χ2n) is 6.07. The van der Waals surface area contributed by atoms with Gasteiger partial charge in [-0.05, 0) is 18.2 Å². The minimum Gasteiger partial charge on any atom is -0.496 e. The van der Waals surface area contributed by atoms with Crippen molar-refractivity contribution in [3.8, 4) is 5.75 Å². The van der Waals surface area contributed by atoms with Gasteiger partial charge in [0.2, 0.25) is 0 Å². The van der Waals surface area contributed by atoms with E-state index in [1.807, 2.05) is 6.07 Å². The molecule has 2 aliphatic heterocycles. The maximum absolute atomic E-state index is 6.29. The van der Waals surface area contributed by atoms with Gasteiger partial charge in [0, 0.05) is 26.3 Å². The van der Waals surface area contributed by atoms with E-state index in [9.17, 15) is 0 Å². The van der Waals surface area contributed by atoms with Crippen molar-refractivity contribution in [2.45, 2.75) is 26.3 Å². The number of rotatable bonds is 0. The number of hydrogen-bond acceptors (Lipinski definition) is 1. The molecule has 0 atom stereocenters. The van der Waals surface area contributed by atoms with E-state index in [0.29, 0.717) is 0 Å². The van der Waals surface area contributed by atoms with Gasteiger partial charge in [0.05, 0.1) is 11.0 Å². The summed E-state index contributed by atoms with van der Waals surface area (Å²) in [6.07, 6.45) is 0. The third kappa shape index (κ3) is 1.33. The quantitative estimate of drug-likeness (QED) is 0.664. The average molecular weight is 262 g/mol. The Morgan fingerprint density at radius 3 is 2.55 bits per heavy atom. The fourth-order valence-electron chi connectivity index (χ4n) is 3.64. The maximum Gasteiger partial charge on any atom is 0.760 e. The summed E-state index contributed by atoms with van der Waals surface area (Å²) in [4.78, 5) is 0. The molecule has 0 unspecified atom stereocenters. The van der Waals surface area contributed by atoms with E-state index in [0.717, 1.165) is 5.75 Å². The Bertz CT molecular complexity index is 748. The summed E-state index contributed by atoms with van der Waals surface area (Å²) in [7, 11) is -0.00361. The highest BCUT2D eigenvalue weighted by atomic mass is 16.4. The van der Waals surface area contributed by atoms with Crippen molar-refractivity contribution < 1.29 is 9.14 Å². The van der Waals surface area contributed by atoms with E-state index in [4.69, 9.17) is 4.65 Å². The Labute approximate surface area is 119 Å². The lowest BCUT2D eigenvalue weighted by atomic mass is 9.68. The number of para-hydroxylation sites is 1. The molecule has 2 aromatic rings. The Hall–Kier alpha value is -2.03. The summed E-state index contributed by atoms with van der Waals surface area (Å²) in [6.45, 7) is 6.74. The van der Waals surface area contributed by atoms with Crippen LogP contribution in [0.15, 0.2) is 48.5 Å². The molecule has 2 heterocycles. The fourth-order valence-corrected chi connectivity index (χ4v) is 3.64. The van der Waals surface area contributed by atoms with Crippen LogP contribution in [0.3, 0.4) is 0 Å². The van der Waals surface area contributed by atoms with Gasteiger partial charge in [0.25, 0.3) is 0 Å². The molecule has 0 saturated heterocycles. The number of hydrogen-bond donors (Lipinski definition) is 0. The predicted molar refractivity (Wildman–Crippen MR) is 82.0 cm³/mol. The Morgan fingerprint density at radius 2 is 1.70 bits per heavy atom. The van der Waals surface area contributed by atoms with Gasteiger partial charge in [-0.3, -0.25) is 4.49 Å². The fraction of sp³-hybridized carbons (Fsp3) is 0.235. The molecule has 0 N–H and O–H groups in total. The standard InChI is InChI=1S/C17H17BNO/c1-12-13-8-4-6-10-15(13)18-19(12)17(2,3)14-9-5-7-11-16(14)20-18/h4-11H,1-3H3/q+1. The topological polar surface area (TPSA) is 12.2 Å². The molecule has 0 aromatic heterocycles. The minimum atomic E-state index is -0.0669. The number of benzene rings is 2. The Kier molecular flexibility index (Phi) is 2.21. The lowest BCUT2D eigenvalue weighted by molar-refractivity contribution is -0.500. The van der Waals surface area contributed by atoms with E-state index < -0.39 is 0 Å². The highest BCUT2D eigenvalue weighted by Gasteiger charge is 2.58. The van der Waals surface area contributed by atoms with Crippen LogP contribution >= 0.6 is 0 Å². The van der Waals surface area contributed by atoms with Crippen molar-refractivity contribution in [2.75, 3.05) is 0 Å². The van der Waals surface area contributed by atoms with Crippen LogP contribution < -0.4 is 10.1 Å². The Morgan fingerprint density at radius 1 is 1.00 bits per heavy atom. The predicted octanol–water partition coefficient (Wildman–Crippen LogP) is 2.54. The molecule has 2 aliphatic rings. The molecule has 0 bridgehead atoms. The zero-order chi connectivity index (χ0) is 13.9. The van der Waals surface area contributed by atoms with Crippen LogP contribution in [0.4, 0.5) is 0 Å². The van der Waals surface area contributed by atoms with Crippen molar-refractivity contribution in [1.82, 2.24) is 0 Å². The summed E-state index contributed by atoms with van der Waals surface area (Å²) in [5.41, 5.74) is 5.06. The third-order valence-corrected chi connectivity index (χ3v) is 4.60. The third-order valence-electron chi connectivity index (χ3n) is 4.60. The van der Waals surface area contributed by atoms with Crippen LogP contribution in [0.2, 0.25) is 0 Å². The second kappa shape index (κ2) is 3.75. The van der Waals surface area contributed by atoms with E-state index >= 15 is 0 Å². The molecule has 2 nitrogen and oxygen atoms in total. The zero-order valence-corrected chi connectivity index (χ0v) is 12.1. The van der Waals surface area contributed by atoms with Crippen LogP contribution in [0, 0.1) is 0 Å². The number of fused-ring (bicyclic) bond motifs is 4. The average Bonchev–Trinajstić information content (AvgIpc) is 2.74. The first-order valence-electron chi connectivity index (χ1n) is 7.09. The minimum absolute atomic E-state index is 0.00361. The maximum atomic E-state index is 6.29. The van der Waals surface area contributed by atoms with Gasteiger partial charge >= 0.3 is 7.05 Å². The summed E-state index contributed by atoms with van der Waals surface area (Å²) >= 11 is 0. The molecule has 0 amide bonds. The largest absolute Gasteiger partial charge is 0.760 e. The van der Waals surface area contributed by atoms with Crippen molar-refractivity contribution >= 4 is 18.2 Å². The molecular weight excluding hydrogens is 245 g/mol. The summed E-state index contributed by atoms with van der Waals surface area (Å²) in [6, 6.07) is 16.9. The molecule has 98 valence electrons. The van der Waals surface area contributed by atoms with Crippen LogP contribution in [0.25, 0.3) is 0 Å². The lowest BCUT2D eigenvalue weighted by Crippen LogP contribution is -2.55. The van der Waals surface area contributed by atoms with E-state index in [2.05, 4.69) is 67.7 Å². The van der Waals surface area contributed by atoms with E-state index in [-0.39, 0.29) is 12.6 Å². The van der Waals surface area contributed by atoms with E-state index in [1.54, 1.807) is 0 Å². The first kappa shape index (κ1) is 11.8. The highest BCUT2D eigenvalue weighted by molar-refractivity contribution is 6.65. The molecule has 4 rings (SSSR count). The van der Waals surface area contributed by atoms with Crippen molar-refractivity contribution in [1.29, 1.82) is 0 Å². The highest BCUT2D eigenvalue weighted by Crippen LogP contribution is 2.39. The van der Waals surface area contributed by atoms with E-state index in [1.165, 1.54) is 22.3 Å². The summed E-state index contributed by atoms with van der Waals surface area (Å²) < 4.78 is 8.70. The van der Waals surface area contributed by atoms with Gasteiger partial charge in [-0.25, -0.2) is 0 Å². The van der Waals surface area contributed by atoms with Crippen molar-refractivity contribution in [3.05, 3.63) is 59.7 Å². The van der Waals surface area contributed by atoms with Gasteiger partial charge < -0.3 is 4.65 Å². The Balaban J connectivity index is 2.01. The van der Waals surface area contributed by atoms with Crippen molar-refractivity contribution in [2.24, 2.45) is 0 Å². The SMILES string of the molecule is CC1=[N+]2B(Oc3ccccc3C2(C)C)c2ccccc21. The monoisotopic (exact) mass is 262 g/mol. The van der Waals surface area contributed by atoms with Gasteiger partial charge in [0.1, 0.15) is 5.75 Å². The molecule has 0 fully saturated rings. The molecular formula is C17H17BNO+. The summed E-state index contributed by atoms with van der Waals surface area (Å²) in [5, 5.41) is 0. The van der Waals surface area contributed by atoms with Crippen LogP contribution in [0.5, 0.6) is 5.75 Å². The molecule has 0 radical (unpaired) electrons. The van der Waals surface area contributed by atoms with Crippen molar-refractivity contribution in [3.63, 3.8) is 0 Å².